The molecule has 1 unspecified atom stereocenters. The van der Waals surface area contributed by atoms with Crippen molar-refractivity contribution >= 4 is 12.7 Å². The number of aromatic nitrogens is 1. The summed E-state index contributed by atoms with van der Waals surface area (Å²) >= 11 is 0. The van der Waals surface area contributed by atoms with Crippen molar-refractivity contribution in [2.75, 3.05) is 6.54 Å². The van der Waals surface area contributed by atoms with Crippen LogP contribution in [0.25, 0.3) is 12.7 Å². The van der Waals surface area contributed by atoms with Gasteiger partial charge in [0, 0.05) is 23.6 Å². The third kappa shape index (κ3) is 3.68. The van der Waals surface area contributed by atoms with Crippen LogP contribution in [0.3, 0.4) is 0 Å². The summed E-state index contributed by atoms with van der Waals surface area (Å²) in [6.45, 7) is 11.7. The van der Waals surface area contributed by atoms with Crippen LogP contribution in [0.15, 0.2) is 11.6 Å². The van der Waals surface area contributed by atoms with Crippen LogP contribution in [-0.4, -0.2) is 11.5 Å². The third-order valence-corrected chi connectivity index (χ3v) is 4.65. The highest BCUT2D eigenvalue weighted by molar-refractivity contribution is 5.36. The van der Waals surface area contributed by atoms with Crippen molar-refractivity contribution in [2.24, 2.45) is 0 Å². The van der Waals surface area contributed by atoms with E-state index in [4.69, 9.17) is 0 Å². The molecule has 0 aromatic carbocycles. The maximum atomic E-state index is 4.16. The molecule has 0 spiro atoms. The maximum Gasteiger partial charge on any atom is 0.0478 e. The summed E-state index contributed by atoms with van der Waals surface area (Å²) in [7, 11) is 0. The van der Waals surface area contributed by atoms with E-state index >= 15 is 0 Å². The Morgan fingerprint density at radius 1 is 1.43 bits per heavy atom. The summed E-state index contributed by atoms with van der Waals surface area (Å²) in [6, 6.07) is 0.458. The van der Waals surface area contributed by atoms with Crippen molar-refractivity contribution in [3.63, 3.8) is 0 Å². The van der Waals surface area contributed by atoms with Crippen LogP contribution in [0.4, 0.5) is 0 Å². The minimum Gasteiger partial charge on any atom is -0.357 e. The van der Waals surface area contributed by atoms with E-state index in [1.165, 1.54) is 60.6 Å². The summed E-state index contributed by atoms with van der Waals surface area (Å²) < 4.78 is 0. The molecule has 2 nitrogen and oxygen atoms in total. The Hall–Kier alpha value is -1.28. The standard InChI is InChI=1S/C19H30N2/c1-5-8-10-15(6-2)13-20-18-12-9-11-17-16(7-3)14(4)21-19(17)18/h6-7,18,20-21H,4-5,8-13H2,1-3H3/b15-6+,16-7+. The molecule has 1 aromatic rings. The Morgan fingerprint density at radius 2 is 2.24 bits per heavy atom. The van der Waals surface area contributed by atoms with Gasteiger partial charge in [0.1, 0.15) is 0 Å². The fourth-order valence-electron chi connectivity index (χ4n) is 3.37. The predicted molar refractivity (Wildman–Crippen MR) is 92.7 cm³/mol. The van der Waals surface area contributed by atoms with Crippen molar-refractivity contribution in [1.29, 1.82) is 0 Å². The molecule has 21 heavy (non-hydrogen) atoms. The average Bonchev–Trinajstić information content (AvgIpc) is 2.83. The number of hydrogen-bond acceptors (Lipinski definition) is 1. The molecular formula is C19H30N2. The number of unbranched alkanes of at least 4 members (excludes halogenated alkanes) is 1. The molecular weight excluding hydrogens is 256 g/mol. The van der Waals surface area contributed by atoms with Gasteiger partial charge >= 0.3 is 0 Å². The summed E-state index contributed by atoms with van der Waals surface area (Å²) in [5.41, 5.74) is 4.40. The lowest BCUT2D eigenvalue weighted by Crippen LogP contribution is -2.28. The summed E-state index contributed by atoms with van der Waals surface area (Å²) in [4.78, 5) is 3.53. The second-order valence-corrected chi connectivity index (χ2v) is 6.07. The van der Waals surface area contributed by atoms with Gasteiger partial charge in [0.25, 0.3) is 0 Å². The van der Waals surface area contributed by atoms with Gasteiger partial charge in [-0.2, -0.15) is 0 Å². The van der Waals surface area contributed by atoms with E-state index < -0.39 is 0 Å². The van der Waals surface area contributed by atoms with Gasteiger partial charge in [-0.3, -0.25) is 0 Å². The molecule has 0 saturated heterocycles. The molecule has 2 N–H and O–H groups in total. The van der Waals surface area contributed by atoms with Gasteiger partial charge < -0.3 is 10.3 Å². The van der Waals surface area contributed by atoms with Gasteiger partial charge in [0.05, 0.1) is 0 Å². The summed E-state index contributed by atoms with van der Waals surface area (Å²) in [5.74, 6) is 0. The normalized spacial score (nSPS) is 19.9. The van der Waals surface area contributed by atoms with Crippen LogP contribution >= 0.6 is 0 Å². The fraction of sp³-hybridized carbons (Fsp3) is 0.579. The minimum atomic E-state index is 0.458. The van der Waals surface area contributed by atoms with Gasteiger partial charge in [-0.05, 0) is 56.7 Å². The zero-order chi connectivity index (χ0) is 15.2. The molecule has 2 heteroatoms. The van der Waals surface area contributed by atoms with Crippen LogP contribution in [0.1, 0.15) is 70.2 Å². The highest BCUT2D eigenvalue weighted by atomic mass is 14.9. The zero-order valence-corrected chi connectivity index (χ0v) is 13.9. The molecule has 0 amide bonds. The van der Waals surface area contributed by atoms with Crippen molar-refractivity contribution in [1.82, 2.24) is 10.3 Å². The number of H-pyrrole nitrogens is 1. The van der Waals surface area contributed by atoms with Crippen LogP contribution < -0.4 is 15.9 Å². The monoisotopic (exact) mass is 286 g/mol. The lowest BCUT2D eigenvalue weighted by atomic mass is 9.92. The second-order valence-electron chi connectivity index (χ2n) is 6.07. The van der Waals surface area contributed by atoms with Gasteiger partial charge in [-0.1, -0.05) is 37.6 Å². The number of rotatable bonds is 6. The third-order valence-electron chi connectivity index (χ3n) is 4.65. The van der Waals surface area contributed by atoms with E-state index in [-0.39, 0.29) is 0 Å². The Labute approximate surface area is 129 Å². The van der Waals surface area contributed by atoms with E-state index in [2.05, 4.69) is 49.8 Å². The maximum absolute atomic E-state index is 4.16. The van der Waals surface area contributed by atoms with Crippen molar-refractivity contribution in [3.05, 3.63) is 33.5 Å². The second kappa shape index (κ2) is 7.65. The molecule has 1 aliphatic rings. The molecule has 0 saturated carbocycles. The predicted octanol–water partition coefficient (Wildman–Crippen LogP) is 3.33. The van der Waals surface area contributed by atoms with E-state index in [9.17, 15) is 0 Å². The first-order valence-electron chi connectivity index (χ1n) is 8.44. The molecule has 1 atom stereocenters. The quantitative estimate of drug-likeness (QED) is 0.771. The molecule has 116 valence electrons. The van der Waals surface area contributed by atoms with Crippen LogP contribution in [-0.2, 0) is 6.42 Å². The van der Waals surface area contributed by atoms with Crippen LogP contribution in [0.5, 0.6) is 0 Å². The molecule has 0 fully saturated rings. The molecule has 0 bridgehead atoms. The van der Waals surface area contributed by atoms with E-state index in [0.29, 0.717) is 6.04 Å². The number of allylic oxidation sites excluding steroid dienone is 1. The van der Waals surface area contributed by atoms with Crippen LogP contribution in [0, 0.1) is 0 Å². The van der Waals surface area contributed by atoms with Gasteiger partial charge in [-0.15, -0.1) is 0 Å². The topological polar surface area (TPSA) is 27.8 Å². The Kier molecular flexibility index (Phi) is 5.86. The molecule has 0 radical (unpaired) electrons. The first-order chi connectivity index (χ1) is 10.2. The number of aromatic amines is 1. The molecule has 0 aliphatic heterocycles. The van der Waals surface area contributed by atoms with E-state index in [1.54, 1.807) is 0 Å². The van der Waals surface area contributed by atoms with E-state index in [0.717, 1.165) is 11.9 Å². The Balaban J connectivity index is 2.09. The van der Waals surface area contributed by atoms with Crippen molar-refractivity contribution < 1.29 is 0 Å². The van der Waals surface area contributed by atoms with Gasteiger partial charge in [0.2, 0.25) is 0 Å². The van der Waals surface area contributed by atoms with Gasteiger partial charge in [-0.25, -0.2) is 0 Å². The lowest BCUT2D eigenvalue weighted by Gasteiger charge is -2.24. The molecule has 1 aromatic heterocycles. The highest BCUT2D eigenvalue weighted by Gasteiger charge is 2.22. The Morgan fingerprint density at radius 3 is 2.90 bits per heavy atom. The minimum absolute atomic E-state index is 0.458. The SMILES string of the molecule is C=c1[nH]c2c(/c1=C/C)CCCC2NC/C(=C/C)CCCC. The molecule has 1 aliphatic carbocycles. The first-order valence-corrected chi connectivity index (χ1v) is 8.44. The van der Waals surface area contributed by atoms with Crippen molar-refractivity contribution in [3.8, 4) is 0 Å². The lowest BCUT2D eigenvalue weighted by molar-refractivity contribution is 0.464. The largest absolute Gasteiger partial charge is 0.357 e. The summed E-state index contributed by atoms with van der Waals surface area (Å²) in [5, 5.41) is 6.17. The number of fused-ring (bicyclic) bond motifs is 1. The first kappa shape index (κ1) is 16.1. The Bertz CT molecular complexity index is 592. The highest BCUT2D eigenvalue weighted by Crippen LogP contribution is 2.25. The van der Waals surface area contributed by atoms with Crippen molar-refractivity contribution in [2.45, 2.75) is 65.3 Å². The zero-order valence-electron chi connectivity index (χ0n) is 13.9. The fourth-order valence-corrected chi connectivity index (χ4v) is 3.37. The van der Waals surface area contributed by atoms with Gasteiger partial charge in [0.15, 0.2) is 0 Å². The number of hydrogen-bond donors (Lipinski definition) is 2. The summed E-state index contributed by atoms with van der Waals surface area (Å²) in [6.07, 6.45) is 11.9. The smallest absolute Gasteiger partial charge is 0.0478 e. The number of nitrogens with one attached hydrogen (secondary N) is 2. The molecule has 2 rings (SSSR count). The average molecular weight is 286 g/mol. The molecule has 1 heterocycles. The van der Waals surface area contributed by atoms with E-state index in [1.807, 2.05) is 0 Å². The van der Waals surface area contributed by atoms with Crippen LogP contribution in [0.2, 0.25) is 0 Å².